The van der Waals surface area contributed by atoms with Crippen LogP contribution in [-0.2, 0) is 22.4 Å². The van der Waals surface area contributed by atoms with E-state index in [0.717, 1.165) is 23.3 Å². The fourth-order valence-electron chi connectivity index (χ4n) is 3.96. The molecule has 8 nitrogen and oxygen atoms in total. The van der Waals surface area contributed by atoms with Gasteiger partial charge in [0.1, 0.15) is 5.75 Å². The number of rotatable bonds is 7. The lowest BCUT2D eigenvalue weighted by atomic mass is 9.87. The average Bonchev–Trinajstić information content (AvgIpc) is 3.38. The van der Waals surface area contributed by atoms with E-state index in [1.807, 2.05) is 12.1 Å². The summed E-state index contributed by atoms with van der Waals surface area (Å²) in [6.45, 7) is 0.665. The second kappa shape index (κ2) is 8.51. The largest absolute Gasteiger partial charge is 0.493 e. The van der Waals surface area contributed by atoms with Crippen LogP contribution in [0.1, 0.15) is 50.6 Å². The molecule has 3 N–H and O–H groups in total. The first-order chi connectivity index (χ1) is 15.0. The van der Waals surface area contributed by atoms with Gasteiger partial charge < -0.3 is 19.7 Å². The Morgan fingerprint density at radius 3 is 2.65 bits per heavy atom. The van der Waals surface area contributed by atoms with Gasteiger partial charge in [-0.3, -0.25) is 14.7 Å². The Balaban J connectivity index is 1.71. The maximum Gasteiger partial charge on any atom is 0.335 e. The maximum atomic E-state index is 12.7. The molecule has 0 spiro atoms. The van der Waals surface area contributed by atoms with E-state index in [2.05, 4.69) is 16.3 Å². The number of H-pyrrole nitrogens is 2. The summed E-state index contributed by atoms with van der Waals surface area (Å²) >= 11 is 0. The normalized spacial score (nSPS) is 13.3. The molecule has 0 saturated heterocycles. The van der Waals surface area contributed by atoms with Crippen molar-refractivity contribution in [2.24, 2.45) is 0 Å². The van der Waals surface area contributed by atoms with Gasteiger partial charge in [0.25, 0.3) is 5.56 Å². The van der Waals surface area contributed by atoms with Crippen molar-refractivity contribution in [2.45, 2.75) is 25.2 Å². The highest BCUT2D eigenvalue weighted by Crippen LogP contribution is 2.31. The van der Waals surface area contributed by atoms with Crippen LogP contribution in [0.3, 0.4) is 0 Å². The number of methoxy groups -OCH3 is 1. The number of nitrogens with one attached hydrogen (secondary N) is 2. The second-order valence-electron chi connectivity index (χ2n) is 7.45. The van der Waals surface area contributed by atoms with Crippen molar-refractivity contribution in [3.63, 3.8) is 0 Å². The summed E-state index contributed by atoms with van der Waals surface area (Å²) in [6, 6.07) is 12.1. The molecule has 0 aliphatic carbocycles. The Hall–Kier alpha value is -3.81. The zero-order chi connectivity index (χ0) is 22.0. The number of ether oxygens (including phenoxy) is 2. The van der Waals surface area contributed by atoms with Crippen LogP contribution in [0.25, 0.3) is 0 Å². The molecule has 0 saturated carbocycles. The Bertz CT molecular complexity index is 1180. The third-order valence-corrected chi connectivity index (χ3v) is 5.54. The molecule has 0 fully saturated rings. The van der Waals surface area contributed by atoms with E-state index < -0.39 is 17.9 Å². The quantitative estimate of drug-likeness (QED) is 0.503. The van der Waals surface area contributed by atoms with Gasteiger partial charge in [0.05, 0.1) is 25.7 Å². The molecule has 1 aliphatic heterocycles. The van der Waals surface area contributed by atoms with Gasteiger partial charge >= 0.3 is 11.9 Å². The number of fused-ring (bicyclic) bond motifs is 1. The summed E-state index contributed by atoms with van der Waals surface area (Å²) in [5.41, 5.74) is 3.71. The summed E-state index contributed by atoms with van der Waals surface area (Å²) in [5.74, 6) is -1.21. The number of aromatic carboxylic acids is 1. The van der Waals surface area contributed by atoms with Gasteiger partial charge in [0.15, 0.2) is 0 Å². The van der Waals surface area contributed by atoms with Gasteiger partial charge in [0, 0.05) is 30.0 Å². The van der Waals surface area contributed by atoms with Crippen LogP contribution in [0.4, 0.5) is 0 Å². The Morgan fingerprint density at radius 1 is 1.16 bits per heavy atom. The highest BCUT2D eigenvalue weighted by Gasteiger charge is 2.26. The van der Waals surface area contributed by atoms with Crippen molar-refractivity contribution in [3.8, 4) is 5.75 Å². The van der Waals surface area contributed by atoms with Gasteiger partial charge in [-0.15, -0.1) is 0 Å². The summed E-state index contributed by atoms with van der Waals surface area (Å²) < 4.78 is 10.4. The minimum Gasteiger partial charge on any atom is -0.493 e. The van der Waals surface area contributed by atoms with E-state index in [-0.39, 0.29) is 17.5 Å². The van der Waals surface area contributed by atoms with Crippen molar-refractivity contribution in [1.29, 1.82) is 0 Å². The topological polar surface area (TPSA) is 121 Å². The van der Waals surface area contributed by atoms with Crippen molar-refractivity contribution in [3.05, 3.63) is 86.3 Å². The fraction of sp³-hybridized carbons (Fsp3) is 0.261. The van der Waals surface area contributed by atoms with Crippen LogP contribution in [0.2, 0.25) is 0 Å². The zero-order valence-electron chi connectivity index (χ0n) is 16.9. The maximum absolute atomic E-state index is 12.7. The summed E-state index contributed by atoms with van der Waals surface area (Å²) in [5, 5.41) is 14.7. The van der Waals surface area contributed by atoms with Gasteiger partial charge in [0.2, 0.25) is 0 Å². The number of carboxylic acids is 1. The average molecular weight is 422 g/mol. The molecular weight excluding hydrogens is 400 g/mol. The number of aromatic nitrogens is 2. The number of carbonyl (C=O) groups is 2. The minimum absolute atomic E-state index is 0.0467. The molecule has 3 aromatic rings. The van der Waals surface area contributed by atoms with E-state index in [0.29, 0.717) is 29.8 Å². The molecule has 2 aromatic carbocycles. The molecule has 1 aliphatic rings. The predicted octanol–water partition coefficient (Wildman–Crippen LogP) is 2.62. The molecule has 0 bridgehead atoms. The van der Waals surface area contributed by atoms with Crippen molar-refractivity contribution >= 4 is 11.9 Å². The lowest BCUT2D eigenvalue weighted by Crippen LogP contribution is -2.18. The minimum atomic E-state index is -1.04. The van der Waals surface area contributed by atoms with Gasteiger partial charge in [-0.05, 0) is 34.9 Å². The molecule has 0 unspecified atom stereocenters. The van der Waals surface area contributed by atoms with Crippen LogP contribution >= 0.6 is 0 Å². The van der Waals surface area contributed by atoms with Crippen LogP contribution in [0, 0.1) is 0 Å². The number of hydrogen-bond donors (Lipinski definition) is 3. The standard InChI is InChI=1S/C23H22N2O6/c1-30-20(26)12-17(14-3-5-15(6-4-14)23(28)29)21-18(24-25-22(21)27)11-13-2-7-19-16(10-13)8-9-31-19/h2-7,10,17H,8-9,11-12H2,1H3,(H,28,29)(H2,24,25,27)/t17-/m1/s1. The van der Waals surface area contributed by atoms with Gasteiger partial charge in [-0.2, -0.15) is 0 Å². The number of benzene rings is 2. The second-order valence-corrected chi connectivity index (χ2v) is 7.45. The van der Waals surface area contributed by atoms with E-state index in [4.69, 9.17) is 14.6 Å². The number of hydrogen-bond acceptors (Lipinski definition) is 5. The van der Waals surface area contributed by atoms with Crippen LogP contribution in [0.15, 0.2) is 47.3 Å². The molecule has 1 aromatic heterocycles. The Labute approximate surface area is 177 Å². The predicted molar refractivity (Wildman–Crippen MR) is 112 cm³/mol. The fourth-order valence-corrected chi connectivity index (χ4v) is 3.96. The van der Waals surface area contributed by atoms with E-state index >= 15 is 0 Å². The van der Waals surface area contributed by atoms with E-state index in [9.17, 15) is 14.4 Å². The molecule has 1 atom stereocenters. The molecule has 8 heteroatoms. The molecule has 31 heavy (non-hydrogen) atoms. The number of esters is 1. The number of aromatic amines is 2. The molecule has 0 radical (unpaired) electrons. The molecule has 4 rings (SSSR count). The first kappa shape index (κ1) is 20.5. The summed E-state index contributed by atoms with van der Waals surface area (Å²) in [6.07, 6.45) is 1.27. The highest BCUT2D eigenvalue weighted by atomic mass is 16.5. The highest BCUT2D eigenvalue weighted by molar-refractivity contribution is 5.87. The summed E-state index contributed by atoms with van der Waals surface area (Å²) in [7, 11) is 1.29. The Kier molecular flexibility index (Phi) is 5.62. The van der Waals surface area contributed by atoms with Crippen LogP contribution in [-0.4, -0.2) is 41.0 Å². The third kappa shape index (κ3) is 4.23. The van der Waals surface area contributed by atoms with Crippen molar-refractivity contribution in [1.82, 2.24) is 10.2 Å². The van der Waals surface area contributed by atoms with Crippen molar-refractivity contribution < 1.29 is 24.2 Å². The van der Waals surface area contributed by atoms with Gasteiger partial charge in [-0.1, -0.05) is 24.3 Å². The molecule has 2 heterocycles. The number of carboxylic acid groups (broad SMARTS) is 1. The van der Waals surface area contributed by atoms with Gasteiger partial charge in [-0.25, -0.2) is 4.79 Å². The molecule has 0 amide bonds. The molecule has 160 valence electrons. The SMILES string of the molecule is COC(=O)C[C@H](c1ccc(C(=O)O)cc1)c1c(Cc2ccc3c(c2)CCO3)[nH][nH]c1=O. The van der Waals surface area contributed by atoms with E-state index in [1.165, 1.54) is 19.2 Å². The number of carbonyl (C=O) groups excluding carboxylic acids is 1. The van der Waals surface area contributed by atoms with Crippen LogP contribution in [0.5, 0.6) is 5.75 Å². The summed E-state index contributed by atoms with van der Waals surface area (Å²) in [4.78, 5) is 36.0. The zero-order valence-corrected chi connectivity index (χ0v) is 16.9. The van der Waals surface area contributed by atoms with Crippen LogP contribution < -0.4 is 10.3 Å². The third-order valence-electron chi connectivity index (χ3n) is 5.54. The van der Waals surface area contributed by atoms with Crippen molar-refractivity contribution in [2.75, 3.05) is 13.7 Å². The monoisotopic (exact) mass is 422 g/mol. The van der Waals surface area contributed by atoms with E-state index in [1.54, 1.807) is 12.1 Å². The lowest BCUT2D eigenvalue weighted by molar-refractivity contribution is -0.140. The lowest BCUT2D eigenvalue weighted by Gasteiger charge is -2.17. The smallest absolute Gasteiger partial charge is 0.335 e. The Morgan fingerprint density at radius 2 is 1.94 bits per heavy atom. The first-order valence-corrected chi connectivity index (χ1v) is 9.90. The first-order valence-electron chi connectivity index (χ1n) is 9.90. The molecular formula is C23H22N2O6.